The van der Waals surface area contributed by atoms with Crippen LogP contribution in [0.4, 0.5) is 0 Å². The fraction of sp³-hybridized carbons (Fsp3) is 0.900. The third kappa shape index (κ3) is 4.27. The van der Waals surface area contributed by atoms with Crippen LogP contribution < -0.4 is 5.73 Å². The molecule has 0 radical (unpaired) electrons. The normalized spacial score (nSPS) is 13.0. The topological polar surface area (TPSA) is 63.3 Å². The molecule has 0 unspecified atom stereocenters. The summed E-state index contributed by atoms with van der Waals surface area (Å²) in [6.45, 7) is 8.25. The predicted octanol–water partition coefficient (Wildman–Crippen LogP) is 1.86. The summed E-state index contributed by atoms with van der Waals surface area (Å²) in [6, 6.07) is 0. The Morgan fingerprint density at radius 2 is 1.77 bits per heavy atom. The van der Waals surface area contributed by atoms with Crippen molar-refractivity contribution < 1.29 is 9.90 Å². The van der Waals surface area contributed by atoms with Gasteiger partial charge >= 0.3 is 5.97 Å². The summed E-state index contributed by atoms with van der Waals surface area (Å²) >= 11 is 0. The number of carbonyl (C=O) groups is 1. The summed E-state index contributed by atoms with van der Waals surface area (Å²) in [7, 11) is 0. The molecule has 0 aliphatic carbocycles. The molecule has 0 aromatic heterocycles. The van der Waals surface area contributed by atoms with Crippen LogP contribution in [0.5, 0.6) is 0 Å². The number of carboxylic acid groups (broad SMARTS) is 1. The molecule has 0 fully saturated rings. The Morgan fingerprint density at radius 1 is 1.31 bits per heavy atom. The number of nitrogens with two attached hydrogens (primary N) is 1. The molecular weight excluding hydrogens is 166 g/mol. The van der Waals surface area contributed by atoms with E-state index in [4.69, 9.17) is 10.8 Å². The van der Waals surface area contributed by atoms with Crippen molar-refractivity contribution in [2.24, 2.45) is 16.6 Å². The van der Waals surface area contributed by atoms with E-state index in [1.54, 1.807) is 13.8 Å². The minimum Gasteiger partial charge on any atom is -0.481 e. The SMILES string of the molecule is CC(C)(CCN)CC(C)(C)C(=O)O. The molecule has 13 heavy (non-hydrogen) atoms. The van der Waals surface area contributed by atoms with Crippen molar-refractivity contribution in [2.45, 2.75) is 40.5 Å². The van der Waals surface area contributed by atoms with Gasteiger partial charge in [0.05, 0.1) is 5.41 Å². The maximum absolute atomic E-state index is 10.9. The van der Waals surface area contributed by atoms with Crippen molar-refractivity contribution in [1.29, 1.82) is 0 Å². The minimum absolute atomic E-state index is 0.0106. The fourth-order valence-electron chi connectivity index (χ4n) is 1.75. The highest BCUT2D eigenvalue weighted by Crippen LogP contribution is 2.35. The van der Waals surface area contributed by atoms with Crippen LogP contribution in [0, 0.1) is 10.8 Å². The highest BCUT2D eigenvalue weighted by atomic mass is 16.4. The van der Waals surface area contributed by atoms with Crippen LogP contribution in [0.15, 0.2) is 0 Å². The van der Waals surface area contributed by atoms with Gasteiger partial charge in [-0.05, 0) is 38.6 Å². The van der Waals surface area contributed by atoms with E-state index >= 15 is 0 Å². The predicted molar refractivity (Wildman–Crippen MR) is 53.5 cm³/mol. The van der Waals surface area contributed by atoms with E-state index in [1.807, 2.05) is 0 Å². The first kappa shape index (κ1) is 12.4. The Labute approximate surface area is 80.3 Å². The lowest BCUT2D eigenvalue weighted by Gasteiger charge is -2.31. The van der Waals surface area contributed by atoms with Gasteiger partial charge in [-0.2, -0.15) is 0 Å². The number of rotatable bonds is 5. The Kier molecular flexibility index (Phi) is 3.91. The van der Waals surface area contributed by atoms with Crippen molar-refractivity contribution in [2.75, 3.05) is 6.54 Å². The third-order valence-corrected chi connectivity index (χ3v) is 2.32. The molecule has 0 atom stereocenters. The zero-order valence-electron chi connectivity index (χ0n) is 9.05. The summed E-state index contributed by atoms with van der Waals surface area (Å²) in [5, 5.41) is 8.94. The Morgan fingerprint density at radius 3 is 2.08 bits per heavy atom. The standard InChI is InChI=1S/C10H21NO2/c1-9(2,5-6-11)7-10(3,4)8(12)13/h5-7,11H2,1-4H3,(H,12,13). The molecule has 0 aliphatic heterocycles. The maximum atomic E-state index is 10.9. The molecule has 0 amide bonds. The lowest BCUT2D eigenvalue weighted by atomic mass is 9.73. The first-order chi connectivity index (χ1) is 5.71. The van der Waals surface area contributed by atoms with Gasteiger partial charge in [-0.1, -0.05) is 13.8 Å². The van der Waals surface area contributed by atoms with Crippen LogP contribution in [-0.2, 0) is 4.79 Å². The molecule has 3 nitrogen and oxygen atoms in total. The molecule has 3 N–H and O–H groups in total. The minimum atomic E-state index is -0.738. The van der Waals surface area contributed by atoms with Crippen molar-refractivity contribution in [3.8, 4) is 0 Å². The lowest BCUT2D eigenvalue weighted by Crippen LogP contribution is -2.31. The van der Waals surface area contributed by atoms with Gasteiger partial charge in [-0.25, -0.2) is 0 Å². The second-order valence-corrected chi connectivity index (χ2v) is 5.07. The van der Waals surface area contributed by atoms with Crippen LogP contribution in [0.2, 0.25) is 0 Å². The van der Waals surface area contributed by atoms with Crippen molar-refractivity contribution in [3.63, 3.8) is 0 Å². The van der Waals surface area contributed by atoms with Gasteiger partial charge in [0.15, 0.2) is 0 Å². The number of hydrogen-bond donors (Lipinski definition) is 2. The molecule has 0 bridgehead atoms. The average molecular weight is 187 g/mol. The largest absolute Gasteiger partial charge is 0.481 e. The molecule has 78 valence electrons. The van der Waals surface area contributed by atoms with E-state index in [9.17, 15) is 4.79 Å². The van der Waals surface area contributed by atoms with E-state index in [0.717, 1.165) is 6.42 Å². The van der Waals surface area contributed by atoms with Gasteiger partial charge in [0.25, 0.3) is 0 Å². The van der Waals surface area contributed by atoms with E-state index in [-0.39, 0.29) is 5.41 Å². The molecule has 0 aliphatic rings. The van der Waals surface area contributed by atoms with Gasteiger partial charge in [-0.3, -0.25) is 4.79 Å². The van der Waals surface area contributed by atoms with Crippen LogP contribution >= 0.6 is 0 Å². The summed E-state index contributed by atoms with van der Waals surface area (Å²) in [4.78, 5) is 10.9. The van der Waals surface area contributed by atoms with Crippen LogP contribution in [0.3, 0.4) is 0 Å². The Bertz CT molecular complexity index is 185. The van der Waals surface area contributed by atoms with E-state index in [1.165, 1.54) is 0 Å². The summed E-state index contributed by atoms with van der Waals surface area (Å²) < 4.78 is 0. The molecular formula is C10H21NO2. The van der Waals surface area contributed by atoms with E-state index in [2.05, 4.69) is 13.8 Å². The first-order valence-corrected chi connectivity index (χ1v) is 4.65. The van der Waals surface area contributed by atoms with Gasteiger partial charge in [0.2, 0.25) is 0 Å². The Hall–Kier alpha value is -0.570. The Balaban J connectivity index is 4.33. The average Bonchev–Trinajstić information content (AvgIpc) is 1.83. The van der Waals surface area contributed by atoms with E-state index < -0.39 is 11.4 Å². The number of aliphatic carboxylic acids is 1. The van der Waals surface area contributed by atoms with Crippen LogP contribution in [0.1, 0.15) is 40.5 Å². The monoisotopic (exact) mass is 187 g/mol. The molecule has 0 aromatic carbocycles. The highest BCUT2D eigenvalue weighted by molar-refractivity contribution is 5.73. The fourth-order valence-corrected chi connectivity index (χ4v) is 1.75. The van der Waals surface area contributed by atoms with Crippen molar-refractivity contribution >= 4 is 5.97 Å². The van der Waals surface area contributed by atoms with Crippen molar-refractivity contribution in [3.05, 3.63) is 0 Å². The summed E-state index contributed by atoms with van der Waals surface area (Å²) in [6.07, 6.45) is 1.52. The number of hydrogen-bond acceptors (Lipinski definition) is 2. The second-order valence-electron chi connectivity index (χ2n) is 5.07. The first-order valence-electron chi connectivity index (χ1n) is 4.65. The van der Waals surface area contributed by atoms with Crippen LogP contribution in [0.25, 0.3) is 0 Å². The smallest absolute Gasteiger partial charge is 0.309 e. The molecule has 0 saturated carbocycles. The quantitative estimate of drug-likeness (QED) is 0.690. The molecule has 0 heterocycles. The maximum Gasteiger partial charge on any atom is 0.309 e. The van der Waals surface area contributed by atoms with Crippen molar-refractivity contribution in [1.82, 2.24) is 0 Å². The van der Waals surface area contributed by atoms with Gasteiger partial charge in [0, 0.05) is 0 Å². The summed E-state index contributed by atoms with van der Waals surface area (Å²) in [5.41, 5.74) is 4.82. The zero-order chi connectivity index (χ0) is 10.7. The van der Waals surface area contributed by atoms with Gasteiger partial charge < -0.3 is 10.8 Å². The third-order valence-electron chi connectivity index (χ3n) is 2.32. The van der Waals surface area contributed by atoms with Crippen LogP contribution in [-0.4, -0.2) is 17.6 Å². The second kappa shape index (κ2) is 4.09. The van der Waals surface area contributed by atoms with E-state index in [0.29, 0.717) is 13.0 Å². The zero-order valence-corrected chi connectivity index (χ0v) is 9.05. The molecule has 3 heteroatoms. The summed E-state index contributed by atoms with van der Waals surface area (Å²) in [5.74, 6) is -0.738. The number of carboxylic acids is 1. The van der Waals surface area contributed by atoms with Gasteiger partial charge in [0.1, 0.15) is 0 Å². The lowest BCUT2D eigenvalue weighted by molar-refractivity contribution is -0.148. The highest BCUT2D eigenvalue weighted by Gasteiger charge is 2.33. The molecule has 0 spiro atoms. The molecule has 0 saturated heterocycles. The molecule has 0 rings (SSSR count). The van der Waals surface area contributed by atoms with Gasteiger partial charge in [-0.15, -0.1) is 0 Å². The molecule has 0 aromatic rings.